The van der Waals surface area contributed by atoms with Gasteiger partial charge in [0.1, 0.15) is 0 Å². The molecule has 0 amide bonds. The van der Waals surface area contributed by atoms with Crippen molar-refractivity contribution in [1.82, 2.24) is 15.3 Å². The first-order valence-electron chi connectivity index (χ1n) is 6.72. The number of ether oxygens (including phenoxy) is 1. The van der Waals surface area contributed by atoms with E-state index in [1.54, 1.807) is 12.4 Å². The van der Waals surface area contributed by atoms with E-state index in [1.807, 2.05) is 13.8 Å². The Labute approximate surface area is 113 Å². The lowest BCUT2D eigenvalue weighted by atomic mass is 9.94. The van der Waals surface area contributed by atoms with Crippen molar-refractivity contribution in [3.63, 3.8) is 0 Å². The molecule has 0 spiro atoms. The highest BCUT2D eigenvalue weighted by Crippen LogP contribution is 2.27. The summed E-state index contributed by atoms with van der Waals surface area (Å²) >= 11 is 0. The molecule has 1 unspecified atom stereocenters. The number of carbonyl (C=O) groups excluding carboxylic acids is 1. The van der Waals surface area contributed by atoms with Crippen LogP contribution in [0.2, 0.25) is 0 Å². The summed E-state index contributed by atoms with van der Waals surface area (Å²) in [5, 5.41) is 3.42. The van der Waals surface area contributed by atoms with Gasteiger partial charge >= 0.3 is 5.97 Å². The van der Waals surface area contributed by atoms with E-state index in [0.29, 0.717) is 11.7 Å². The van der Waals surface area contributed by atoms with Crippen LogP contribution in [0.5, 0.6) is 0 Å². The van der Waals surface area contributed by atoms with Gasteiger partial charge in [-0.05, 0) is 26.7 Å². The molecule has 1 N–H and O–H groups in total. The highest BCUT2D eigenvalue weighted by atomic mass is 16.5. The van der Waals surface area contributed by atoms with Gasteiger partial charge in [0, 0.05) is 18.4 Å². The van der Waals surface area contributed by atoms with Crippen LogP contribution >= 0.6 is 0 Å². The van der Waals surface area contributed by atoms with Crippen LogP contribution in [0.1, 0.15) is 44.0 Å². The normalized spacial score (nSPS) is 19.1. The zero-order chi connectivity index (χ0) is 13.9. The number of esters is 1. The molecule has 0 aliphatic heterocycles. The molecule has 1 atom stereocenters. The van der Waals surface area contributed by atoms with Crippen LogP contribution in [0.25, 0.3) is 0 Å². The van der Waals surface area contributed by atoms with Crippen molar-refractivity contribution in [1.29, 1.82) is 0 Å². The fourth-order valence-corrected chi connectivity index (χ4v) is 2.80. The van der Waals surface area contributed by atoms with Crippen molar-refractivity contribution in [3.05, 3.63) is 23.8 Å². The van der Waals surface area contributed by atoms with E-state index >= 15 is 0 Å². The van der Waals surface area contributed by atoms with Gasteiger partial charge in [0.05, 0.1) is 18.5 Å². The molecular weight excluding hydrogens is 242 g/mol. The third kappa shape index (κ3) is 2.76. The van der Waals surface area contributed by atoms with Gasteiger partial charge in [-0.1, -0.05) is 12.8 Å². The van der Waals surface area contributed by atoms with E-state index in [0.717, 1.165) is 18.5 Å². The summed E-state index contributed by atoms with van der Waals surface area (Å²) in [7, 11) is 1.41. The van der Waals surface area contributed by atoms with Gasteiger partial charge in [0.2, 0.25) is 0 Å². The molecule has 2 rings (SSSR count). The smallest absolute Gasteiger partial charge is 0.332 e. The van der Waals surface area contributed by atoms with Crippen LogP contribution in [0.3, 0.4) is 0 Å². The van der Waals surface area contributed by atoms with Gasteiger partial charge < -0.3 is 4.74 Å². The number of methoxy groups -OCH3 is 1. The molecule has 19 heavy (non-hydrogen) atoms. The predicted octanol–water partition coefficient (Wildman–Crippen LogP) is 1.71. The van der Waals surface area contributed by atoms with E-state index in [1.165, 1.54) is 20.0 Å². The van der Waals surface area contributed by atoms with Crippen molar-refractivity contribution < 1.29 is 9.53 Å². The quantitative estimate of drug-likeness (QED) is 0.838. The lowest BCUT2D eigenvalue weighted by molar-refractivity contribution is -0.149. The van der Waals surface area contributed by atoms with E-state index in [-0.39, 0.29) is 5.97 Å². The molecule has 1 aromatic heterocycles. The van der Waals surface area contributed by atoms with Gasteiger partial charge in [-0.25, -0.2) is 4.79 Å². The van der Waals surface area contributed by atoms with Gasteiger partial charge in [-0.2, -0.15) is 0 Å². The Hall–Kier alpha value is -1.49. The minimum absolute atomic E-state index is 0.317. The fourth-order valence-electron chi connectivity index (χ4n) is 2.80. The summed E-state index contributed by atoms with van der Waals surface area (Å²) in [6.45, 7) is 3.69. The Morgan fingerprint density at radius 1 is 1.37 bits per heavy atom. The number of aromatic nitrogens is 2. The van der Waals surface area contributed by atoms with Crippen molar-refractivity contribution in [3.8, 4) is 0 Å². The zero-order valence-corrected chi connectivity index (χ0v) is 11.8. The summed E-state index contributed by atoms with van der Waals surface area (Å²) in [6, 6.07) is 0.338. The standard InChI is InChI=1S/C14H21N3O2/c1-10-12(16-9-8-15-10)14(2,13(18)19-3)17-11-6-4-5-7-11/h8-9,11,17H,4-7H2,1-3H3. The van der Waals surface area contributed by atoms with Crippen molar-refractivity contribution in [2.24, 2.45) is 0 Å². The molecule has 0 bridgehead atoms. The molecule has 0 aromatic carbocycles. The number of aryl methyl sites for hydroxylation is 1. The highest BCUT2D eigenvalue weighted by molar-refractivity contribution is 5.81. The first kappa shape index (κ1) is 13.9. The van der Waals surface area contributed by atoms with Crippen molar-refractivity contribution in [2.45, 2.75) is 51.1 Å². The molecule has 1 aliphatic carbocycles. The molecule has 0 saturated heterocycles. The largest absolute Gasteiger partial charge is 0.467 e. The van der Waals surface area contributed by atoms with Crippen LogP contribution < -0.4 is 5.32 Å². The predicted molar refractivity (Wildman–Crippen MR) is 71.5 cm³/mol. The molecule has 5 nitrogen and oxygen atoms in total. The first-order valence-corrected chi connectivity index (χ1v) is 6.72. The summed E-state index contributed by atoms with van der Waals surface area (Å²) in [4.78, 5) is 20.8. The highest BCUT2D eigenvalue weighted by Gasteiger charge is 2.41. The number of nitrogens with one attached hydrogen (secondary N) is 1. The third-order valence-corrected chi connectivity index (χ3v) is 3.80. The van der Waals surface area contributed by atoms with Gasteiger partial charge in [-0.15, -0.1) is 0 Å². The Morgan fingerprint density at radius 2 is 2.00 bits per heavy atom. The topological polar surface area (TPSA) is 64.1 Å². The van der Waals surface area contributed by atoms with Crippen LogP contribution in [-0.2, 0) is 15.1 Å². The van der Waals surface area contributed by atoms with E-state index < -0.39 is 5.54 Å². The van der Waals surface area contributed by atoms with Crippen molar-refractivity contribution >= 4 is 5.97 Å². The summed E-state index contributed by atoms with van der Waals surface area (Å²) in [6.07, 6.45) is 7.83. The number of rotatable bonds is 4. The second-order valence-corrected chi connectivity index (χ2v) is 5.23. The third-order valence-electron chi connectivity index (χ3n) is 3.80. The molecule has 1 fully saturated rings. The maximum atomic E-state index is 12.2. The maximum Gasteiger partial charge on any atom is 0.332 e. The molecule has 1 heterocycles. The minimum atomic E-state index is -0.928. The number of hydrogen-bond donors (Lipinski definition) is 1. The second kappa shape index (κ2) is 5.65. The molecule has 1 aliphatic rings. The maximum absolute atomic E-state index is 12.2. The molecule has 1 aromatic rings. The minimum Gasteiger partial charge on any atom is -0.467 e. The lowest BCUT2D eigenvalue weighted by Gasteiger charge is -2.31. The molecular formula is C14H21N3O2. The number of nitrogens with zero attached hydrogens (tertiary/aromatic N) is 2. The average molecular weight is 263 g/mol. The fraction of sp³-hybridized carbons (Fsp3) is 0.643. The summed E-state index contributed by atoms with van der Waals surface area (Å²) in [5.74, 6) is -0.317. The summed E-state index contributed by atoms with van der Waals surface area (Å²) < 4.78 is 4.97. The Kier molecular flexibility index (Phi) is 4.14. The Balaban J connectivity index is 2.33. The van der Waals surface area contributed by atoms with Crippen LogP contribution in [0, 0.1) is 6.92 Å². The summed E-state index contributed by atoms with van der Waals surface area (Å²) in [5.41, 5.74) is 0.469. The van der Waals surface area contributed by atoms with Crippen LogP contribution in [0.15, 0.2) is 12.4 Å². The number of hydrogen-bond acceptors (Lipinski definition) is 5. The Morgan fingerprint density at radius 3 is 2.58 bits per heavy atom. The molecule has 5 heteroatoms. The van der Waals surface area contributed by atoms with Crippen LogP contribution in [-0.4, -0.2) is 29.1 Å². The monoisotopic (exact) mass is 263 g/mol. The number of carbonyl (C=O) groups is 1. The zero-order valence-electron chi connectivity index (χ0n) is 11.8. The molecule has 1 saturated carbocycles. The SMILES string of the molecule is COC(=O)C(C)(NC1CCCC1)c1nccnc1C. The van der Waals surface area contributed by atoms with Gasteiger partial charge in [-0.3, -0.25) is 15.3 Å². The van der Waals surface area contributed by atoms with Crippen molar-refractivity contribution in [2.75, 3.05) is 7.11 Å². The average Bonchev–Trinajstić information content (AvgIpc) is 2.90. The second-order valence-electron chi connectivity index (χ2n) is 5.23. The van der Waals surface area contributed by atoms with Gasteiger partial charge in [0.15, 0.2) is 5.54 Å². The first-order chi connectivity index (χ1) is 9.08. The Bertz CT molecular complexity index is 458. The van der Waals surface area contributed by atoms with E-state index in [4.69, 9.17) is 4.74 Å². The van der Waals surface area contributed by atoms with E-state index in [9.17, 15) is 4.79 Å². The van der Waals surface area contributed by atoms with E-state index in [2.05, 4.69) is 15.3 Å². The molecule has 0 radical (unpaired) electrons. The van der Waals surface area contributed by atoms with Crippen LogP contribution in [0.4, 0.5) is 0 Å². The molecule has 104 valence electrons. The van der Waals surface area contributed by atoms with Gasteiger partial charge in [0.25, 0.3) is 0 Å². The lowest BCUT2D eigenvalue weighted by Crippen LogP contribution is -2.52.